The number of carbonyl (C=O) groups is 2. The third-order valence-electron chi connectivity index (χ3n) is 2.17. The lowest BCUT2D eigenvalue weighted by atomic mass is 10.4. The van der Waals surface area contributed by atoms with Crippen LogP contribution in [0.2, 0.25) is 0 Å². The first kappa shape index (κ1) is 12.4. The Kier molecular flexibility index (Phi) is 5.53. The summed E-state index contributed by atoms with van der Waals surface area (Å²) in [6, 6.07) is 0. The highest BCUT2D eigenvalue weighted by atomic mass is 32.2. The van der Waals surface area contributed by atoms with Crippen molar-refractivity contribution >= 4 is 22.8 Å². The van der Waals surface area contributed by atoms with Crippen LogP contribution < -0.4 is 0 Å². The average Bonchev–Trinajstić information content (AvgIpc) is 2.70. The minimum atomic E-state index is -0.342. The van der Waals surface area contributed by atoms with Crippen LogP contribution in [-0.4, -0.2) is 36.0 Å². The van der Waals surface area contributed by atoms with Crippen molar-refractivity contribution in [1.29, 1.82) is 0 Å². The Morgan fingerprint density at radius 3 is 2.33 bits per heavy atom. The monoisotopic (exact) mass is 233 g/mol. The first-order valence-electron chi connectivity index (χ1n) is 5.17. The highest BCUT2D eigenvalue weighted by molar-refractivity contribution is 7.97. The van der Waals surface area contributed by atoms with Gasteiger partial charge in [0.1, 0.15) is 11.5 Å². The van der Waals surface area contributed by atoms with Crippen LogP contribution in [0.5, 0.6) is 0 Å². The zero-order valence-corrected chi connectivity index (χ0v) is 9.81. The number of rotatable bonds is 5. The van der Waals surface area contributed by atoms with Crippen LogP contribution in [0.3, 0.4) is 0 Å². The van der Waals surface area contributed by atoms with E-state index in [0.717, 1.165) is 11.5 Å². The van der Waals surface area contributed by atoms with Crippen LogP contribution >= 0.6 is 0 Å². The molecular formula is C10H17O4S+. The summed E-state index contributed by atoms with van der Waals surface area (Å²) in [5, 5.41) is 0. The molecule has 0 N–H and O–H groups in total. The summed E-state index contributed by atoms with van der Waals surface area (Å²) in [6.45, 7) is 1.47. The molecule has 0 bridgehead atoms. The largest absolute Gasteiger partial charge is 0.428 e. The van der Waals surface area contributed by atoms with E-state index in [4.69, 9.17) is 4.74 Å². The number of hydrogen-bond acceptors (Lipinski definition) is 4. The van der Waals surface area contributed by atoms with Gasteiger partial charge in [-0.1, -0.05) is 6.92 Å². The van der Waals surface area contributed by atoms with E-state index in [1.807, 2.05) is 0 Å². The zero-order chi connectivity index (χ0) is 11.1. The molecule has 0 atom stereocenters. The highest BCUT2D eigenvalue weighted by Gasteiger charge is 2.27. The van der Waals surface area contributed by atoms with Gasteiger partial charge in [-0.05, 0) is 23.7 Å². The number of hydrogen-bond donors (Lipinski definition) is 0. The fourth-order valence-electron chi connectivity index (χ4n) is 1.33. The van der Waals surface area contributed by atoms with Gasteiger partial charge in [0.25, 0.3) is 0 Å². The van der Waals surface area contributed by atoms with E-state index in [-0.39, 0.29) is 29.6 Å². The smallest absolute Gasteiger partial charge is 0.359 e. The summed E-state index contributed by atoms with van der Waals surface area (Å²) in [6.07, 6.45) is 2.75. The topological polar surface area (TPSA) is 52.6 Å². The fraction of sp³-hybridized carbons (Fsp3) is 0.800. The second-order valence-electron chi connectivity index (χ2n) is 3.38. The lowest BCUT2D eigenvalue weighted by molar-refractivity contribution is -0.165. The molecule has 1 rings (SSSR count). The normalized spacial score (nSPS) is 16.3. The Balaban J connectivity index is 2.05. The molecule has 1 aliphatic rings. The van der Waals surface area contributed by atoms with E-state index >= 15 is 0 Å². The molecule has 1 aliphatic heterocycles. The number of esters is 2. The number of carbonyl (C=O) groups excluding carboxylic acids is 2. The second-order valence-corrected chi connectivity index (χ2v) is 5.71. The SMILES string of the molecule is CCC(=O)OCOC(=O)C[S+]1CCCC1. The van der Waals surface area contributed by atoms with Gasteiger partial charge in [-0.3, -0.25) is 4.79 Å². The van der Waals surface area contributed by atoms with Crippen LogP contribution in [0, 0.1) is 0 Å². The molecule has 0 spiro atoms. The minimum Gasteiger partial charge on any atom is -0.428 e. The molecule has 4 nitrogen and oxygen atoms in total. The first-order valence-corrected chi connectivity index (χ1v) is 6.91. The van der Waals surface area contributed by atoms with E-state index in [0.29, 0.717) is 12.2 Å². The first-order chi connectivity index (χ1) is 7.22. The highest BCUT2D eigenvalue weighted by Crippen LogP contribution is 2.13. The number of ether oxygens (including phenoxy) is 2. The van der Waals surface area contributed by atoms with Crippen molar-refractivity contribution in [2.24, 2.45) is 0 Å². The maximum absolute atomic E-state index is 11.3. The Hall–Kier alpha value is -0.710. The van der Waals surface area contributed by atoms with Gasteiger partial charge < -0.3 is 9.47 Å². The molecule has 0 radical (unpaired) electrons. The molecule has 1 fully saturated rings. The van der Waals surface area contributed by atoms with Crippen molar-refractivity contribution in [3.05, 3.63) is 0 Å². The van der Waals surface area contributed by atoms with Crippen LogP contribution in [0.25, 0.3) is 0 Å². The maximum Gasteiger partial charge on any atom is 0.359 e. The van der Waals surface area contributed by atoms with Gasteiger partial charge in [0.05, 0.1) is 0 Å². The van der Waals surface area contributed by atoms with Crippen molar-refractivity contribution < 1.29 is 19.1 Å². The molecule has 0 amide bonds. The summed E-state index contributed by atoms with van der Waals surface area (Å²) in [7, 11) is 0.212. The Bertz CT molecular complexity index is 223. The lowest BCUT2D eigenvalue weighted by Gasteiger charge is -2.04. The second kappa shape index (κ2) is 6.71. The third kappa shape index (κ3) is 5.06. The summed E-state index contributed by atoms with van der Waals surface area (Å²) < 4.78 is 9.45. The summed E-state index contributed by atoms with van der Waals surface area (Å²) in [5.74, 6) is 2.19. The molecule has 0 aliphatic carbocycles. The van der Waals surface area contributed by atoms with Crippen molar-refractivity contribution in [2.75, 3.05) is 24.1 Å². The fourth-order valence-corrected chi connectivity index (χ4v) is 3.46. The van der Waals surface area contributed by atoms with Gasteiger partial charge in [0.2, 0.25) is 12.5 Å². The van der Waals surface area contributed by atoms with Crippen LogP contribution in [0.1, 0.15) is 26.2 Å². The zero-order valence-electron chi connectivity index (χ0n) is 8.99. The Labute approximate surface area is 92.7 Å². The van der Waals surface area contributed by atoms with Crippen LogP contribution in [0.4, 0.5) is 0 Å². The van der Waals surface area contributed by atoms with E-state index < -0.39 is 0 Å². The predicted octanol–water partition coefficient (Wildman–Crippen LogP) is 0.852. The molecule has 0 unspecified atom stereocenters. The minimum absolute atomic E-state index is 0.212. The molecule has 0 aromatic heterocycles. The third-order valence-corrected chi connectivity index (χ3v) is 4.54. The molecule has 0 saturated carbocycles. The predicted molar refractivity (Wildman–Crippen MR) is 58.5 cm³/mol. The van der Waals surface area contributed by atoms with Gasteiger partial charge in [0.15, 0.2) is 0 Å². The maximum atomic E-state index is 11.3. The lowest BCUT2D eigenvalue weighted by Crippen LogP contribution is -2.21. The van der Waals surface area contributed by atoms with E-state index in [2.05, 4.69) is 4.74 Å². The van der Waals surface area contributed by atoms with Crippen molar-refractivity contribution in [3.63, 3.8) is 0 Å². The molecule has 1 saturated heterocycles. The van der Waals surface area contributed by atoms with E-state index in [1.165, 1.54) is 12.8 Å². The quantitative estimate of drug-likeness (QED) is 0.401. The van der Waals surface area contributed by atoms with Gasteiger partial charge in [-0.2, -0.15) is 0 Å². The van der Waals surface area contributed by atoms with Crippen molar-refractivity contribution in [3.8, 4) is 0 Å². The van der Waals surface area contributed by atoms with Gasteiger partial charge in [-0.15, -0.1) is 0 Å². The molecule has 15 heavy (non-hydrogen) atoms. The van der Waals surface area contributed by atoms with E-state index in [9.17, 15) is 9.59 Å². The molecule has 0 aromatic carbocycles. The summed E-state index contributed by atoms with van der Waals surface area (Å²) in [4.78, 5) is 22.0. The van der Waals surface area contributed by atoms with E-state index in [1.54, 1.807) is 6.92 Å². The summed E-state index contributed by atoms with van der Waals surface area (Å²) >= 11 is 0. The van der Waals surface area contributed by atoms with Gasteiger partial charge in [0, 0.05) is 6.42 Å². The van der Waals surface area contributed by atoms with Crippen molar-refractivity contribution in [2.45, 2.75) is 26.2 Å². The van der Waals surface area contributed by atoms with Crippen molar-refractivity contribution in [1.82, 2.24) is 0 Å². The van der Waals surface area contributed by atoms with Gasteiger partial charge >= 0.3 is 11.9 Å². The van der Waals surface area contributed by atoms with Gasteiger partial charge in [-0.25, -0.2) is 4.79 Å². The molecule has 1 heterocycles. The Morgan fingerprint density at radius 1 is 1.13 bits per heavy atom. The molecule has 86 valence electrons. The Morgan fingerprint density at radius 2 is 1.73 bits per heavy atom. The molecular weight excluding hydrogens is 216 g/mol. The molecule has 0 aromatic rings. The molecule has 5 heteroatoms. The van der Waals surface area contributed by atoms with Crippen LogP contribution in [-0.2, 0) is 30.0 Å². The standard InChI is InChI=1S/C10H17O4S/c1-2-9(11)13-8-14-10(12)7-15-5-3-4-6-15/h2-8H2,1H3/q+1. The summed E-state index contributed by atoms with van der Waals surface area (Å²) in [5.41, 5.74) is 0. The van der Waals surface area contributed by atoms with Crippen LogP contribution in [0.15, 0.2) is 0 Å². The average molecular weight is 233 g/mol.